The molecule has 1 aliphatic heterocycles. The van der Waals surface area contributed by atoms with E-state index in [0.717, 1.165) is 12.1 Å². The molecule has 1 saturated heterocycles. The molecule has 3 rings (SSSR count). The summed E-state index contributed by atoms with van der Waals surface area (Å²) in [6, 6.07) is 5.17. The number of halogens is 3. The van der Waals surface area contributed by atoms with Gasteiger partial charge in [-0.3, -0.25) is 14.9 Å². The van der Waals surface area contributed by atoms with Crippen molar-refractivity contribution in [3.63, 3.8) is 0 Å². The summed E-state index contributed by atoms with van der Waals surface area (Å²) in [7, 11) is 0. The topological polar surface area (TPSA) is 111 Å². The Labute approximate surface area is 173 Å². The fraction of sp³-hybridized carbons (Fsp3) is 0.263. The molecule has 9 nitrogen and oxygen atoms in total. The maximum atomic E-state index is 13.6. The van der Waals surface area contributed by atoms with Crippen molar-refractivity contribution < 1.29 is 37.2 Å². The number of carbonyl (C=O) groups excluding carboxylic acids is 2. The average molecular weight is 439 g/mol. The first kappa shape index (κ1) is 22.0. The van der Waals surface area contributed by atoms with Crippen LogP contribution in [0.4, 0.5) is 30.2 Å². The molecule has 2 aromatic rings. The van der Waals surface area contributed by atoms with Crippen molar-refractivity contribution >= 4 is 28.9 Å². The Morgan fingerprint density at radius 3 is 2.52 bits per heavy atom. The number of morpholine rings is 1. The van der Waals surface area contributed by atoms with Gasteiger partial charge in [-0.1, -0.05) is 0 Å². The molecule has 0 bridgehead atoms. The molecule has 31 heavy (non-hydrogen) atoms. The lowest BCUT2D eigenvalue weighted by atomic mass is 10.1. The van der Waals surface area contributed by atoms with Gasteiger partial charge in [-0.15, -0.1) is 0 Å². The molecule has 1 N–H and O–H groups in total. The van der Waals surface area contributed by atoms with Gasteiger partial charge in [0, 0.05) is 19.2 Å². The van der Waals surface area contributed by atoms with Crippen LogP contribution >= 0.6 is 0 Å². The first-order chi connectivity index (χ1) is 14.8. The van der Waals surface area contributed by atoms with Gasteiger partial charge in [0.2, 0.25) is 0 Å². The number of rotatable bonds is 6. The molecule has 1 aliphatic rings. The highest BCUT2D eigenvalue weighted by Crippen LogP contribution is 2.30. The second-order valence-corrected chi connectivity index (χ2v) is 6.41. The van der Waals surface area contributed by atoms with Crippen LogP contribution in [0.2, 0.25) is 0 Å². The minimum Gasteiger partial charge on any atom is -0.452 e. The number of nitrogens with zero attached hydrogens (tertiary/aromatic N) is 2. The van der Waals surface area contributed by atoms with Crippen molar-refractivity contribution in [1.82, 2.24) is 0 Å². The number of benzene rings is 2. The summed E-state index contributed by atoms with van der Waals surface area (Å²) >= 11 is 0. The molecule has 1 fully saturated rings. The Kier molecular flexibility index (Phi) is 6.70. The number of amides is 1. The molecule has 0 saturated carbocycles. The van der Waals surface area contributed by atoms with Gasteiger partial charge in [-0.05, 0) is 24.3 Å². The number of nitro benzene ring substituents is 1. The Morgan fingerprint density at radius 1 is 1.13 bits per heavy atom. The summed E-state index contributed by atoms with van der Waals surface area (Å²) in [6.45, 7) is 0.843. The number of anilines is 2. The molecule has 0 spiro atoms. The number of carbonyl (C=O) groups is 2. The second kappa shape index (κ2) is 9.43. The van der Waals surface area contributed by atoms with Gasteiger partial charge >= 0.3 is 5.97 Å². The number of hydrogen-bond acceptors (Lipinski definition) is 7. The van der Waals surface area contributed by atoms with Gasteiger partial charge in [0.1, 0.15) is 5.69 Å². The minimum atomic E-state index is -1.76. The highest BCUT2D eigenvalue weighted by molar-refractivity contribution is 5.96. The van der Waals surface area contributed by atoms with E-state index in [0.29, 0.717) is 38.1 Å². The van der Waals surface area contributed by atoms with Crippen LogP contribution in [0.5, 0.6) is 0 Å². The van der Waals surface area contributed by atoms with Crippen LogP contribution in [0.3, 0.4) is 0 Å². The zero-order valence-corrected chi connectivity index (χ0v) is 15.9. The van der Waals surface area contributed by atoms with Gasteiger partial charge in [0.25, 0.3) is 11.6 Å². The lowest BCUT2D eigenvalue weighted by molar-refractivity contribution is -0.384. The Morgan fingerprint density at radius 2 is 1.84 bits per heavy atom. The molecular formula is C19H16F3N3O6. The molecule has 1 heterocycles. The molecule has 1 amide bonds. The predicted molar refractivity (Wildman–Crippen MR) is 101 cm³/mol. The molecule has 12 heteroatoms. The number of hydrogen-bond donors (Lipinski definition) is 1. The van der Waals surface area contributed by atoms with Crippen LogP contribution in [0.25, 0.3) is 0 Å². The van der Waals surface area contributed by atoms with Crippen LogP contribution in [-0.4, -0.2) is 49.7 Å². The lowest BCUT2D eigenvalue weighted by Crippen LogP contribution is -2.36. The van der Waals surface area contributed by atoms with Crippen LogP contribution in [0.1, 0.15) is 10.4 Å². The highest BCUT2D eigenvalue weighted by atomic mass is 19.2. The molecule has 0 atom stereocenters. The Bertz CT molecular complexity index is 1030. The number of nitrogens with one attached hydrogen (secondary N) is 1. The standard InChI is InChI=1S/C19H16F3N3O6/c20-12-2-3-13(18(22)17(12)21)23-16(26)10-31-19(27)11-1-4-14(15(9-11)25(28)29)24-5-7-30-8-6-24/h1-4,9H,5-8,10H2,(H,23,26). The first-order valence-corrected chi connectivity index (χ1v) is 8.99. The van der Waals surface area contributed by atoms with Gasteiger partial charge in [0.05, 0.1) is 29.4 Å². The van der Waals surface area contributed by atoms with Crippen LogP contribution in [0, 0.1) is 27.6 Å². The maximum absolute atomic E-state index is 13.6. The fourth-order valence-electron chi connectivity index (χ4n) is 2.89. The van der Waals surface area contributed by atoms with E-state index in [1.807, 2.05) is 5.32 Å². The fourth-order valence-corrected chi connectivity index (χ4v) is 2.89. The normalized spacial score (nSPS) is 13.6. The molecule has 0 aliphatic carbocycles. The molecule has 0 radical (unpaired) electrons. The average Bonchev–Trinajstić information content (AvgIpc) is 2.78. The van der Waals surface area contributed by atoms with Crippen molar-refractivity contribution in [2.45, 2.75) is 0 Å². The second-order valence-electron chi connectivity index (χ2n) is 6.41. The molecule has 164 valence electrons. The van der Waals surface area contributed by atoms with Crippen molar-refractivity contribution in [3.05, 3.63) is 63.5 Å². The lowest BCUT2D eigenvalue weighted by Gasteiger charge is -2.28. The van der Waals surface area contributed by atoms with Gasteiger partial charge < -0.3 is 19.7 Å². The number of ether oxygens (including phenoxy) is 2. The molecule has 0 aromatic heterocycles. The third-order valence-corrected chi connectivity index (χ3v) is 4.40. The van der Waals surface area contributed by atoms with Gasteiger partial charge in [-0.2, -0.15) is 0 Å². The molecule has 0 unspecified atom stereocenters. The maximum Gasteiger partial charge on any atom is 0.338 e. The summed E-state index contributed by atoms with van der Waals surface area (Å²) in [5, 5.41) is 13.4. The number of esters is 1. The van der Waals surface area contributed by atoms with E-state index in [9.17, 15) is 32.9 Å². The van der Waals surface area contributed by atoms with Gasteiger partial charge in [-0.25, -0.2) is 18.0 Å². The van der Waals surface area contributed by atoms with Gasteiger partial charge in [0.15, 0.2) is 24.1 Å². The van der Waals surface area contributed by atoms with E-state index in [-0.39, 0.29) is 11.3 Å². The third-order valence-electron chi connectivity index (χ3n) is 4.40. The zero-order chi connectivity index (χ0) is 22.5. The molecule has 2 aromatic carbocycles. The van der Waals surface area contributed by atoms with Crippen LogP contribution in [-0.2, 0) is 14.3 Å². The first-order valence-electron chi connectivity index (χ1n) is 8.99. The highest BCUT2D eigenvalue weighted by Gasteiger charge is 2.24. The Hall–Kier alpha value is -3.67. The van der Waals surface area contributed by atoms with E-state index in [2.05, 4.69) is 0 Å². The summed E-state index contributed by atoms with van der Waals surface area (Å²) in [6.07, 6.45) is 0. The zero-order valence-electron chi connectivity index (χ0n) is 15.9. The quantitative estimate of drug-likeness (QED) is 0.319. The summed E-state index contributed by atoms with van der Waals surface area (Å²) in [4.78, 5) is 36.6. The van der Waals surface area contributed by atoms with Crippen molar-refractivity contribution in [3.8, 4) is 0 Å². The third kappa shape index (κ3) is 5.09. The van der Waals surface area contributed by atoms with Crippen LogP contribution in [0.15, 0.2) is 30.3 Å². The van der Waals surface area contributed by atoms with Crippen molar-refractivity contribution in [2.24, 2.45) is 0 Å². The Balaban J connectivity index is 1.66. The number of nitro groups is 1. The van der Waals surface area contributed by atoms with E-state index in [1.54, 1.807) is 4.90 Å². The van der Waals surface area contributed by atoms with E-state index in [1.165, 1.54) is 12.1 Å². The van der Waals surface area contributed by atoms with E-state index >= 15 is 0 Å². The van der Waals surface area contributed by atoms with E-state index < -0.39 is 46.5 Å². The summed E-state index contributed by atoms with van der Waals surface area (Å²) in [5.41, 5.74) is -0.804. The van der Waals surface area contributed by atoms with E-state index in [4.69, 9.17) is 9.47 Å². The monoisotopic (exact) mass is 439 g/mol. The minimum absolute atomic E-state index is 0.171. The van der Waals surface area contributed by atoms with Crippen LogP contribution < -0.4 is 10.2 Å². The predicted octanol–water partition coefficient (Wildman–Crippen LogP) is 2.64. The summed E-state index contributed by atoms with van der Waals surface area (Å²) < 4.78 is 49.7. The SMILES string of the molecule is O=C(COC(=O)c1ccc(N2CCOCC2)c([N+](=O)[O-])c1)Nc1ccc(F)c(F)c1F. The largest absolute Gasteiger partial charge is 0.452 e. The van der Waals surface area contributed by atoms with Crippen molar-refractivity contribution in [2.75, 3.05) is 43.1 Å². The van der Waals surface area contributed by atoms with Crippen molar-refractivity contribution in [1.29, 1.82) is 0 Å². The molecular weight excluding hydrogens is 423 g/mol. The summed E-state index contributed by atoms with van der Waals surface area (Å²) in [5.74, 6) is -6.84. The smallest absolute Gasteiger partial charge is 0.338 e.